The summed E-state index contributed by atoms with van der Waals surface area (Å²) >= 11 is 0. The molecule has 6 nitrogen and oxygen atoms in total. The van der Waals surface area contributed by atoms with Gasteiger partial charge in [0.25, 0.3) is 0 Å². The molecule has 0 fully saturated rings. The molecule has 2 aromatic carbocycles. The highest BCUT2D eigenvalue weighted by Crippen LogP contribution is 2.32. The largest absolute Gasteiger partial charge is 0.468 e. The van der Waals surface area contributed by atoms with Crippen molar-refractivity contribution in [2.45, 2.75) is 38.5 Å². The van der Waals surface area contributed by atoms with Crippen molar-refractivity contribution in [2.24, 2.45) is 0 Å². The van der Waals surface area contributed by atoms with Crippen LogP contribution in [0.1, 0.15) is 45.5 Å². The van der Waals surface area contributed by atoms with Gasteiger partial charge in [0, 0.05) is 6.54 Å². The molecule has 0 aliphatic carbocycles. The average molecular weight is 437 g/mol. The molecular weight excluding hydrogens is 404 g/mol. The van der Waals surface area contributed by atoms with Crippen molar-refractivity contribution in [3.8, 4) is 6.07 Å². The highest BCUT2D eigenvalue weighted by Gasteiger charge is 2.41. The van der Waals surface area contributed by atoms with Crippen LogP contribution in [0.4, 0.5) is 0 Å². The number of carbonyl (C=O) groups excluding carboxylic acids is 2. The van der Waals surface area contributed by atoms with E-state index in [1.807, 2.05) is 57.3 Å². The van der Waals surface area contributed by atoms with E-state index in [0.717, 1.165) is 36.2 Å². The van der Waals surface area contributed by atoms with Crippen molar-refractivity contribution >= 4 is 11.9 Å². The SMILES string of the molecule is COC(=O)c1cccc(CCN(C)CCCC(C#N)(C(=O)OC)c2ccc(C)c(C)c2)c1. The summed E-state index contributed by atoms with van der Waals surface area (Å²) in [6.07, 6.45) is 1.81. The fourth-order valence-electron chi connectivity index (χ4n) is 3.73. The van der Waals surface area contributed by atoms with Crippen molar-refractivity contribution in [2.75, 3.05) is 34.4 Å². The summed E-state index contributed by atoms with van der Waals surface area (Å²) in [5.74, 6) is -0.868. The van der Waals surface area contributed by atoms with Gasteiger partial charge in [0.1, 0.15) is 0 Å². The number of methoxy groups -OCH3 is 2. The van der Waals surface area contributed by atoms with Crippen molar-refractivity contribution in [1.29, 1.82) is 5.26 Å². The maximum atomic E-state index is 12.7. The summed E-state index contributed by atoms with van der Waals surface area (Å²) in [4.78, 5) is 26.5. The number of hydrogen-bond acceptors (Lipinski definition) is 6. The molecule has 1 unspecified atom stereocenters. The van der Waals surface area contributed by atoms with E-state index in [9.17, 15) is 14.9 Å². The predicted octanol–water partition coefficient (Wildman–Crippen LogP) is 3.98. The lowest BCUT2D eigenvalue weighted by molar-refractivity contribution is -0.145. The van der Waals surface area contributed by atoms with Gasteiger partial charge in [0.15, 0.2) is 5.41 Å². The first-order valence-electron chi connectivity index (χ1n) is 10.7. The van der Waals surface area contributed by atoms with Crippen LogP contribution in [0.15, 0.2) is 42.5 Å². The van der Waals surface area contributed by atoms with E-state index >= 15 is 0 Å². The molecule has 0 aromatic heterocycles. The Kier molecular flexibility index (Phi) is 8.98. The van der Waals surface area contributed by atoms with Crippen LogP contribution in [-0.2, 0) is 26.1 Å². The fraction of sp³-hybridized carbons (Fsp3) is 0.423. The number of likely N-dealkylation sites (N-methyl/N-ethyl adjacent to an activating group) is 1. The first-order valence-corrected chi connectivity index (χ1v) is 10.7. The zero-order valence-corrected chi connectivity index (χ0v) is 19.6. The molecule has 0 radical (unpaired) electrons. The Bertz CT molecular complexity index is 996. The van der Waals surface area contributed by atoms with E-state index in [1.54, 1.807) is 6.07 Å². The summed E-state index contributed by atoms with van der Waals surface area (Å²) in [5.41, 5.74) is 3.10. The molecule has 0 N–H and O–H groups in total. The third-order valence-corrected chi connectivity index (χ3v) is 5.95. The molecule has 0 heterocycles. The molecule has 0 saturated heterocycles. The van der Waals surface area contributed by atoms with Crippen molar-refractivity contribution in [3.05, 3.63) is 70.3 Å². The van der Waals surface area contributed by atoms with Crippen LogP contribution in [0.3, 0.4) is 0 Å². The molecule has 0 aliphatic rings. The molecular formula is C26H32N2O4. The van der Waals surface area contributed by atoms with Gasteiger partial charge in [-0.1, -0.05) is 30.3 Å². The third kappa shape index (κ3) is 5.95. The molecule has 0 aliphatic heterocycles. The highest BCUT2D eigenvalue weighted by molar-refractivity contribution is 5.89. The summed E-state index contributed by atoms with van der Waals surface area (Å²) in [5, 5.41) is 10.00. The zero-order chi connectivity index (χ0) is 23.7. The van der Waals surface area contributed by atoms with Gasteiger partial charge in [-0.15, -0.1) is 0 Å². The minimum atomic E-state index is -1.32. The molecule has 2 aromatic rings. The lowest BCUT2D eigenvalue weighted by atomic mass is 9.77. The van der Waals surface area contributed by atoms with Gasteiger partial charge in [-0.3, -0.25) is 0 Å². The van der Waals surface area contributed by atoms with Crippen LogP contribution in [0, 0.1) is 25.2 Å². The van der Waals surface area contributed by atoms with Crippen molar-refractivity contribution in [1.82, 2.24) is 4.90 Å². The second-order valence-corrected chi connectivity index (χ2v) is 8.16. The molecule has 32 heavy (non-hydrogen) atoms. The molecule has 170 valence electrons. The average Bonchev–Trinajstić information content (AvgIpc) is 2.81. The second-order valence-electron chi connectivity index (χ2n) is 8.16. The number of aryl methyl sites for hydroxylation is 2. The van der Waals surface area contributed by atoms with E-state index in [0.29, 0.717) is 24.0 Å². The van der Waals surface area contributed by atoms with E-state index in [-0.39, 0.29) is 5.97 Å². The quantitative estimate of drug-likeness (QED) is 0.524. The van der Waals surface area contributed by atoms with Gasteiger partial charge >= 0.3 is 11.9 Å². The maximum absolute atomic E-state index is 12.7. The second kappa shape index (κ2) is 11.4. The lowest BCUT2D eigenvalue weighted by Crippen LogP contribution is -2.37. The van der Waals surface area contributed by atoms with Gasteiger partial charge in [-0.25, -0.2) is 9.59 Å². The standard InChI is InChI=1S/C26H32N2O4/c1-19-10-11-23(16-20(19)2)26(18-27,25(30)32-5)13-7-14-28(3)15-12-21-8-6-9-22(17-21)24(29)31-4/h6,8-11,16-17H,7,12-15H2,1-5H3. The number of hydrogen-bond donors (Lipinski definition) is 0. The molecule has 1 atom stereocenters. The number of ether oxygens (including phenoxy) is 2. The predicted molar refractivity (Wildman–Crippen MR) is 123 cm³/mol. The van der Waals surface area contributed by atoms with E-state index in [2.05, 4.69) is 11.0 Å². The van der Waals surface area contributed by atoms with Crippen LogP contribution in [-0.4, -0.2) is 51.2 Å². The van der Waals surface area contributed by atoms with Crippen LogP contribution in [0.25, 0.3) is 0 Å². The number of benzene rings is 2. The Labute approximate surface area is 190 Å². The van der Waals surface area contributed by atoms with Crippen LogP contribution >= 0.6 is 0 Å². The third-order valence-electron chi connectivity index (χ3n) is 5.95. The Balaban J connectivity index is 2.02. The van der Waals surface area contributed by atoms with Crippen molar-refractivity contribution in [3.63, 3.8) is 0 Å². The number of esters is 2. The van der Waals surface area contributed by atoms with E-state index in [4.69, 9.17) is 9.47 Å². The zero-order valence-electron chi connectivity index (χ0n) is 19.6. The molecule has 6 heteroatoms. The fourth-order valence-corrected chi connectivity index (χ4v) is 3.73. The van der Waals surface area contributed by atoms with Gasteiger partial charge in [-0.2, -0.15) is 5.26 Å². The summed E-state index contributed by atoms with van der Waals surface area (Å²) in [6.45, 7) is 5.48. The monoisotopic (exact) mass is 436 g/mol. The van der Waals surface area contributed by atoms with Crippen LogP contribution < -0.4 is 0 Å². The minimum Gasteiger partial charge on any atom is -0.468 e. The summed E-state index contributed by atoms with van der Waals surface area (Å²) in [7, 11) is 4.70. The number of nitrogens with zero attached hydrogens (tertiary/aromatic N) is 2. The smallest absolute Gasteiger partial charge is 0.337 e. The molecule has 0 saturated carbocycles. The molecule has 0 spiro atoms. The summed E-state index contributed by atoms with van der Waals surface area (Å²) in [6, 6.07) is 15.4. The van der Waals surface area contributed by atoms with E-state index < -0.39 is 11.4 Å². The maximum Gasteiger partial charge on any atom is 0.337 e. The van der Waals surface area contributed by atoms with Gasteiger partial charge in [0.2, 0.25) is 0 Å². The Morgan fingerprint density at radius 3 is 2.41 bits per heavy atom. The Morgan fingerprint density at radius 2 is 1.78 bits per heavy atom. The lowest BCUT2D eigenvalue weighted by Gasteiger charge is -2.26. The first-order chi connectivity index (χ1) is 15.3. The Hall–Kier alpha value is -3.17. The van der Waals surface area contributed by atoms with Gasteiger partial charge in [0.05, 0.1) is 25.9 Å². The normalized spacial score (nSPS) is 12.7. The minimum absolute atomic E-state index is 0.345. The number of rotatable bonds is 10. The summed E-state index contributed by atoms with van der Waals surface area (Å²) < 4.78 is 9.80. The van der Waals surface area contributed by atoms with Crippen LogP contribution in [0.2, 0.25) is 0 Å². The number of nitriles is 1. The van der Waals surface area contributed by atoms with Crippen molar-refractivity contribution < 1.29 is 19.1 Å². The molecule has 2 rings (SSSR count). The molecule has 0 amide bonds. The molecule has 0 bridgehead atoms. The number of carbonyl (C=O) groups is 2. The highest BCUT2D eigenvalue weighted by atomic mass is 16.5. The van der Waals surface area contributed by atoms with Gasteiger partial charge in [-0.05, 0) is 81.1 Å². The van der Waals surface area contributed by atoms with Crippen LogP contribution in [0.5, 0.6) is 0 Å². The van der Waals surface area contributed by atoms with Gasteiger partial charge < -0.3 is 14.4 Å². The first kappa shape index (κ1) is 25.1. The Morgan fingerprint density at radius 1 is 1.03 bits per heavy atom. The van der Waals surface area contributed by atoms with E-state index in [1.165, 1.54) is 14.2 Å². The topological polar surface area (TPSA) is 79.6 Å².